The quantitative estimate of drug-likeness (QED) is 0.701. The molecule has 122 valence electrons. The molecule has 24 heavy (non-hydrogen) atoms. The number of rotatable bonds is 3. The van der Waals surface area contributed by atoms with Gasteiger partial charge in [0, 0.05) is 53.0 Å². The van der Waals surface area contributed by atoms with E-state index in [2.05, 4.69) is 33.2 Å². The van der Waals surface area contributed by atoms with E-state index < -0.39 is 0 Å². The van der Waals surface area contributed by atoms with Crippen LogP contribution in [0.4, 0.5) is 0 Å². The Hall–Kier alpha value is -1.81. The number of hydrogen-bond donors (Lipinski definition) is 1. The summed E-state index contributed by atoms with van der Waals surface area (Å²) in [7, 11) is 0. The molecular formula is C19H17Cl2N3. The van der Waals surface area contributed by atoms with Gasteiger partial charge >= 0.3 is 0 Å². The molecule has 3 heterocycles. The van der Waals surface area contributed by atoms with E-state index in [9.17, 15) is 0 Å². The molecule has 0 radical (unpaired) electrons. The fourth-order valence-corrected chi connectivity index (χ4v) is 3.68. The molecule has 4 rings (SSSR count). The summed E-state index contributed by atoms with van der Waals surface area (Å²) < 4.78 is 0. The highest BCUT2D eigenvalue weighted by molar-refractivity contribution is 6.35. The van der Waals surface area contributed by atoms with Gasteiger partial charge in [0.15, 0.2) is 0 Å². The number of halogens is 2. The average molecular weight is 358 g/mol. The van der Waals surface area contributed by atoms with Crippen molar-refractivity contribution in [3.8, 4) is 0 Å². The maximum atomic E-state index is 6.29. The van der Waals surface area contributed by atoms with Crippen LogP contribution in [0.2, 0.25) is 10.0 Å². The molecule has 3 nitrogen and oxygen atoms in total. The zero-order chi connectivity index (χ0) is 16.5. The van der Waals surface area contributed by atoms with Crippen LogP contribution < -0.4 is 0 Å². The number of H-pyrrole nitrogens is 1. The van der Waals surface area contributed by atoms with Crippen molar-refractivity contribution in [3.05, 3.63) is 70.0 Å². The third-order valence-corrected chi connectivity index (χ3v) is 5.09. The van der Waals surface area contributed by atoms with Crippen molar-refractivity contribution in [2.24, 2.45) is 0 Å². The first-order chi connectivity index (χ1) is 11.7. The Balaban J connectivity index is 1.51. The molecule has 0 saturated carbocycles. The van der Waals surface area contributed by atoms with Gasteiger partial charge in [-0.25, -0.2) is 4.98 Å². The lowest BCUT2D eigenvalue weighted by molar-refractivity contribution is 0.294. The summed E-state index contributed by atoms with van der Waals surface area (Å²) in [5, 5.41) is 2.61. The molecule has 0 bridgehead atoms. The summed E-state index contributed by atoms with van der Waals surface area (Å²) in [6, 6.07) is 9.82. The molecule has 0 fully saturated rings. The van der Waals surface area contributed by atoms with Crippen LogP contribution in [0, 0.1) is 0 Å². The second-order valence-corrected chi connectivity index (χ2v) is 6.90. The fraction of sp³-hybridized carbons (Fsp3) is 0.211. The number of benzene rings is 1. The lowest BCUT2D eigenvalue weighted by atomic mass is 9.99. The molecule has 0 atom stereocenters. The first-order valence-corrected chi connectivity index (χ1v) is 8.74. The van der Waals surface area contributed by atoms with E-state index in [-0.39, 0.29) is 0 Å². The van der Waals surface area contributed by atoms with Crippen molar-refractivity contribution in [2.75, 3.05) is 13.1 Å². The summed E-state index contributed by atoms with van der Waals surface area (Å²) in [6.45, 7) is 2.77. The molecule has 0 aliphatic carbocycles. The van der Waals surface area contributed by atoms with Crippen LogP contribution in [-0.4, -0.2) is 28.0 Å². The van der Waals surface area contributed by atoms with Crippen molar-refractivity contribution in [2.45, 2.75) is 13.0 Å². The Morgan fingerprint density at radius 3 is 2.92 bits per heavy atom. The van der Waals surface area contributed by atoms with Gasteiger partial charge in [-0.15, -0.1) is 0 Å². The van der Waals surface area contributed by atoms with Crippen molar-refractivity contribution in [3.63, 3.8) is 0 Å². The fourth-order valence-electron chi connectivity index (χ4n) is 3.21. The van der Waals surface area contributed by atoms with Gasteiger partial charge in [-0.3, -0.25) is 4.90 Å². The standard InChI is InChI=1S/C19H17Cl2N3/c20-15-4-3-14(18(21)10-15)12-24-8-5-13(6-9-24)17-11-23-19-16(17)2-1-7-22-19/h1-5,7,10-11H,6,8-9,12H2,(H,22,23). The second-order valence-electron chi connectivity index (χ2n) is 6.05. The lowest BCUT2D eigenvalue weighted by Crippen LogP contribution is -2.28. The van der Waals surface area contributed by atoms with E-state index in [4.69, 9.17) is 23.2 Å². The van der Waals surface area contributed by atoms with Gasteiger partial charge in [0.25, 0.3) is 0 Å². The Morgan fingerprint density at radius 1 is 1.21 bits per heavy atom. The van der Waals surface area contributed by atoms with E-state index in [1.54, 1.807) is 0 Å². The third-order valence-electron chi connectivity index (χ3n) is 4.50. The first kappa shape index (κ1) is 15.7. The van der Waals surface area contributed by atoms with E-state index in [1.807, 2.05) is 30.5 Å². The number of aromatic amines is 1. The number of nitrogens with one attached hydrogen (secondary N) is 1. The van der Waals surface area contributed by atoms with Gasteiger partial charge in [-0.1, -0.05) is 35.3 Å². The van der Waals surface area contributed by atoms with Crippen molar-refractivity contribution in [1.29, 1.82) is 0 Å². The number of nitrogens with zero attached hydrogens (tertiary/aromatic N) is 2. The molecule has 0 amide bonds. The molecule has 1 aliphatic rings. The first-order valence-electron chi connectivity index (χ1n) is 7.98. The highest BCUT2D eigenvalue weighted by Gasteiger charge is 2.16. The molecule has 0 spiro atoms. The minimum atomic E-state index is 0.678. The van der Waals surface area contributed by atoms with E-state index in [1.165, 1.54) is 16.5 Å². The predicted octanol–water partition coefficient (Wildman–Crippen LogP) is 5.16. The van der Waals surface area contributed by atoms with Crippen molar-refractivity contribution >= 4 is 39.8 Å². The zero-order valence-corrected chi connectivity index (χ0v) is 14.6. The molecule has 1 aliphatic heterocycles. The van der Waals surface area contributed by atoms with Gasteiger partial charge in [0.1, 0.15) is 5.65 Å². The van der Waals surface area contributed by atoms with E-state index in [0.29, 0.717) is 5.02 Å². The van der Waals surface area contributed by atoms with Crippen LogP contribution in [0.15, 0.2) is 48.8 Å². The number of fused-ring (bicyclic) bond motifs is 1. The monoisotopic (exact) mass is 357 g/mol. The predicted molar refractivity (Wildman–Crippen MR) is 100 cm³/mol. The summed E-state index contributed by atoms with van der Waals surface area (Å²) in [4.78, 5) is 10.0. The van der Waals surface area contributed by atoms with Gasteiger partial charge in [-0.05, 0) is 41.8 Å². The van der Waals surface area contributed by atoms with Crippen LogP contribution in [-0.2, 0) is 6.54 Å². The summed E-state index contributed by atoms with van der Waals surface area (Å²) >= 11 is 12.3. The second kappa shape index (κ2) is 6.60. The minimum Gasteiger partial charge on any atom is -0.346 e. The van der Waals surface area contributed by atoms with E-state index >= 15 is 0 Å². The molecule has 0 saturated heterocycles. The molecule has 0 unspecified atom stereocenters. The minimum absolute atomic E-state index is 0.678. The SMILES string of the molecule is Clc1ccc(CN2CC=C(c3c[nH]c4ncccc34)CC2)c(Cl)c1. The summed E-state index contributed by atoms with van der Waals surface area (Å²) in [6.07, 6.45) is 7.21. The molecule has 1 N–H and O–H groups in total. The highest BCUT2D eigenvalue weighted by Crippen LogP contribution is 2.29. The van der Waals surface area contributed by atoms with Gasteiger partial charge in [0.2, 0.25) is 0 Å². The zero-order valence-electron chi connectivity index (χ0n) is 13.1. The number of pyridine rings is 1. The van der Waals surface area contributed by atoms with Gasteiger partial charge in [-0.2, -0.15) is 0 Å². The van der Waals surface area contributed by atoms with Gasteiger partial charge in [0.05, 0.1) is 0 Å². The van der Waals surface area contributed by atoms with Gasteiger partial charge < -0.3 is 4.98 Å². The summed E-state index contributed by atoms with van der Waals surface area (Å²) in [5.41, 5.74) is 4.72. The molecule has 1 aromatic carbocycles. The molecule has 3 aromatic rings. The molecule has 2 aromatic heterocycles. The van der Waals surface area contributed by atoms with Crippen LogP contribution in [0.1, 0.15) is 17.5 Å². The Bertz CT molecular complexity index is 914. The average Bonchev–Trinajstić information content (AvgIpc) is 3.02. The number of aromatic nitrogens is 2. The van der Waals surface area contributed by atoms with Crippen molar-refractivity contribution in [1.82, 2.24) is 14.9 Å². The molecule has 5 heteroatoms. The summed E-state index contributed by atoms with van der Waals surface area (Å²) in [5.74, 6) is 0. The maximum Gasteiger partial charge on any atom is 0.137 e. The van der Waals surface area contributed by atoms with E-state index in [0.717, 1.165) is 42.3 Å². The highest BCUT2D eigenvalue weighted by atomic mass is 35.5. The Kier molecular flexibility index (Phi) is 4.31. The topological polar surface area (TPSA) is 31.9 Å². The van der Waals surface area contributed by atoms with Crippen LogP contribution >= 0.6 is 23.2 Å². The number of hydrogen-bond acceptors (Lipinski definition) is 2. The third kappa shape index (κ3) is 3.07. The maximum absolute atomic E-state index is 6.29. The normalized spacial score (nSPS) is 15.7. The van der Waals surface area contributed by atoms with Crippen LogP contribution in [0.5, 0.6) is 0 Å². The molecular weight excluding hydrogens is 341 g/mol. The van der Waals surface area contributed by atoms with Crippen LogP contribution in [0.3, 0.4) is 0 Å². The largest absolute Gasteiger partial charge is 0.346 e. The smallest absolute Gasteiger partial charge is 0.137 e. The van der Waals surface area contributed by atoms with Crippen LogP contribution in [0.25, 0.3) is 16.6 Å². The lowest BCUT2D eigenvalue weighted by Gasteiger charge is -2.26. The Morgan fingerprint density at radius 2 is 2.12 bits per heavy atom. The van der Waals surface area contributed by atoms with Crippen molar-refractivity contribution < 1.29 is 0 Å². The Labute approximate surface area is 150 Å².